The van der Waals surface area contributed by atoms with Crippen molar-refractivity contribution in [1.82, 2.24) is 10.2 Å². The Kier molecular flexibility index (Phi) is 4.74. The summed E-state index contributed by atoms with van der Waals surface area (Å²) in [6.07, 6.45) is 0. The minimum absolute atomic E-state index is 0.200. The number of halogens is 1. The molecule has 0 bridgehead atoms. The number of hydrogen-bond donors (Lipinski definition) is 0. The van der Waals surface area contributed by atoms with Crippen LogP contribution in [0.15, 0.2) is 28.7 Å². The van der Waals surface area contributed by atoms with Gasteiger partial charge in [-0.15, -0.1) is 10.2 Å². The quantitative estimate of drug-likeness (QED) is 0.770. The van der Waals surface area contributed by atoms with Crippen molar-refractivity contribution in [2.45, 2.75) is 0 Å². The molecule has 0 unspecified atom stereocenters. The van der Waals surface area contributed by atoms with Gasteiger partial charge in [0.05, 0.1) is 26.9 Å². The van der Waals surface area contributed by atoms with E-state index in [4.69, 9.17) is 14.2 Å². The van der Waals surface area contributed by atoms with Gasteiger partial charge >= 0.3 is 0 Å². The van der Waals surface area contributed by atoms with Crippen molar-refractivity contribution in [3.05, 3.63) is 40.0 Å². The Labute approximate surface area is 130 Å². The fourth-order valence-electron chi connectivity index (χ4n) is 1.76. The number of hydrogen-bond acceptors (Lipinski definition) is 6. The van der Waals surface area contributed by atoms with Crippen LogP contribution in [0, 0.1) is 0 Å². The van der Waals surface area contributed by atoms with Gasteiger partial charge in [-0.2, -0.15) is 0 Å². The fraction of sp³-hybridized carbons (Fsp3) is 0.214. The molecule has 1 aromatic heterocycles. The Hall–Kier alpha value is -2.15. The molecule has 2 rings (SSSR count). The van der Waals surface area contributed by atoms with Crippen molar-refractivity contribution in [3.8, 4) is 17.4 Å². The smallest absolute Gasteiger partial charge is 0.233 e. The number of carbonyl (C=O) groups is 1. The third kappa shape index (κ3) is 2.97. The van der Waals surface area contributed by atoms with E-state index >= 15 is 0 Å². The lowest BCUT2D eigenvalue weighted by molar-refractivity contribution is 0.103. The summed E-state index contributed by atoms with van der Waals surface area (Å²) in [4.78, 5) is 12.5. The summed E-state index contributed by atoms with van der Waals surface area (Å²) < 4.78 is 15.9. The second-order valence-electron chi connectivity index (χ2n) is 3.95. The van der Waals surface area contributed by atoms with Crippen LogP contribution < -0.4 is 14.2 Å². The molecule has 0 radical (unpaired) electrons. The maximum atomic E-state index is 12.5. The van der Waals surface area contributed by atoms with Crippen molar-refractivity contribution in [3.63, 3.8) is 0 Å². The van der Waals surface area contributed by atoms with Crippen LogP contribution in [0.3, 0.4) is 0 Å². The van der Waals surface area contributed by atoms with Crippen LogP contribution in [-0.4, -0.2) is 37.3 Å². The van der Waals surface area contributed by atoms with Crippen molar-refractivity contribution >= 4 is 21.7 Å². The van der Waals surface area contributed by atoms with Crippen molar-refractivity contribution in [2.75, 3.05) is 21.3 Å². The number of aromatic nitrogens is 2. The molecule has 0 N–H and O–H groups in total. The van der Waals surface area contributed by atoms with Gasteiger partial charge in [-0.3, -0.25) is 4.79 Å². The summed E-state index contributed by atoms with van der Waals surface area (Å²) in [5, 5.41) is 7.63. The number of nitrogens with zero attached hydrogens (tertiary/aromatic N) is 2. The second kappa shape index (κ2) is 6.53. The molecule has 0 aliphatic heterocycles. The van der Waals surface area contributed by atoms with E-state index in [0.717, 1.165) is 0 Å². The zero-order valence-electron chi connectivity index (χ0n) is 11.7. The van der Waals surface area contributed by atoms with E-state index in [1.807, 2.05) is 0 Å². The summed E-state index contributed by atoms with van der Waals surface area (Å²) in [7, 11) is 4.50. The van der Waals surface area contributed by atoms with Crippen LogP contribution in [-0.2, 0) is 0 Å². The maximum Gasteiger partial charge on any atom is 0.233 e. The van der Waals surface area contributed by atoms with Gasteiger partial charge in [0.1, 0.15) is 21.7 Å². The maximum absolute atomic E-state index is 12.5. The first-order chi connectivity index (χ1) is 10.1. The average molecular weight is 353 g/mol. The van der Waals surface area contributed by atoms with Crippen molar-refractivity contribution in [2.24, 2.45) is 0 Å². The second-order valence-corrected chi connectivity index (χ2v) is 4.75. The molecule has 7 heteroatoms. The molecule has 0 amide bonds. The van der Waals surface area contributed by atoms with Gasteiger partial charge in [0.25, 0.3) is 0 Å². The summed E-state index contributed by atoms with van der Waals surface area (Å²) in [6, 6.07) is 6.42. The molecule has 1 heterocycles. The summed E-state index contributed by atoms with van der Waals surface area (Å²) in [5.41, 5.74) is 0.566. The van der Waals surface area contributed by atoms with E-state index in [0.29, 0.717) is 27.4 Å². The molecule has 0 aliphatic carbocycles. The summed E-state index contributed by atoms with van der Waals surface area (Å²) in [6.45, 7) is 0. The van der Waals surface area contributed by atoms with Gasteiger partial charge in [-0.25, -0.2) is 0 Å². The molecule has 0 saturated carbocycles. The molecule has 2 aromatic rings. The number of ether oxygens (including phenoxy) is 3. The Morgan fingerprint density at radius 1 is 1.00 bits per heavy atom. The lowest BCUT2D eigenvalue weighted by Gasteiger charge is -2.12. The van der Waals surface area contributed by atoms with Gasteiger partial charge < -0.3 is 14.2 Å². The lowest BCUT2D eigenvalue weighted by Crippen LogP contribution is -2.08. The molecule has 0 saturated heterocycles. The standard InChI is InChI=1S/C14H13BrN2O4/c1-19-10-6-4-8(14(21-3)12(10)15)13(18)9-5-7-11(20-2)17-16-9/h4-7H,1-3H3. The van der Waals surface area contributed by atoms with Gasteiger partial charge in [-0.05, 0) is 34.1 Å². The first-order valence-corrected chi connectivity index (χ1v) is 6.74. The summed E-state index contributed by atoms with van der Waals surface area (Å²) >= 11 is 3.36. The van der Waals surface area contributed by atoms with Gasteiger partial charge in [0, 0.05) is 6.07 Å². The number of methoxy groups -OCH3 is 3. The molecule has 6 nitrogen and oxygen atoms in total. The fourth-order valence-corrected chi connectivity index (χ4v) is 2.43. The van der Waals surface area contributed by atoms with E-state index in [-0.39, 0.29) is 11.5 Å². The van der Waals surface area contributed by atoms with Crippen LogP contribution in [0.4, 0.5) is 0 Å². The van der Waals surface area contributed by atoms with Gasteiger partial charge in [0.15, 0.2) is 0 Å². The minimum atomic E-state index is -0.301. The SMILES string of the molecule is COc1ccc(C(=O)c2ccc(OC)c(Br)c2OC)nn1. The van der Waals surface area contributed by atoms with E-state index in [1.54, 1.807) is 24.3 Å². The Balaban J connectivity index is 2.45. The van der Waals surface area contributed by atoms with Gasteiger partial charge in [0.2, 0.25) is 11.7 Å². The Bertz CT molecular complexity index is 659. The van der Waals surface area contributed by atoms with Crippen LogP contribution >= 0.6 is 15.9 Å². The Morgan fingerprint density at radius 2 is 1.76 bits per heavy atom. The summed E-state index contributed by atoms with van der Waals surface area (Å²) in [5.74, 6) is 1.00. The predicted molar refractivity (Wildman–Crippen MR) is 79.3 cm³/mol. The molecule has 0 aliphatic rings. The highest BCUT2D eigenvalue weighted by Gasteiger charge is 2.20. The first kappa shape index (κ1) is 15.2. The van der Waals surface area contributed by atoms with Crippen LogP contribution in [0.5, 0.6) is 17.4 Å². The number of ketones is 1. The first-order valence-electron chi connectivity index (χ1n) is 5.95. The highest BCUT2D eigenvalue weighted by atomic mass is 79.9. The lowest BCUT2D eigenvalue weighted by atomic mass is 10.1. The third-order valence-electron chi connectivity index (χ3n) is 2.81. The van der Waals surface area contributed by atoms with Crippen LogP contribution in [0.2, 0.25) is 0 Å². The third-order valence-corrected chi connectivity index (χ3v) is 3.56. The molecule has 1 aromatic carbocycles. The van der Waals surface area contributed by atoms with Crippen molar-refractivity contribution < 1.29 is 19.0 Å². The minimum Gasteiger partial charge on any atom is -0.495 e. The van der Waals surface area contributed by atoms with E-state index in [9.17, 15) is 4.79 Å². The Morgan fingerprint density at radius 3 is 2.29 bits per heavy atom. The average Bonchev–Trinajstić information content (AvgIpc) is 2.54. The zero-order chi connectivity index (χ0) is 15.4. The molecule has 0 fully saturated rings. The number of benzene rings is 1. The highest BCUT2D eigenvalue weighted by molar-refractivity contribution is 9.10. The predicted octanol–water partition coefficient (Wildman–Crippen LogP) is 2.50. The van der Waals surface area contributed by atoms with E-state index in [1.165, 1.54) is 21.3 Å². The van der Waals surface area contributed by atoms with Crippen LogP contribution in [0.1, 0.15) is 16.1 Å². The monoisotopic (exact) mass is 352 g/mol. The number of carbonyl (C=O) groups excluding carboxylic acids is 1. The van der Waals surface area contributed by atoms with Crippen LogP contribution in [0.25, 0.3) is 0 Å². The topological polar surface area (TPSA) is 70.5 Å². The largest absolute Gasteiger partial charge is 0.495 e. The zero-order valence-corrected chi connectivity index (χ0v) is 13.3. The van der Waals surface area contributed by atoms with Gasteiger partial charge in [-0.1, -0.05) is 0 Å². The normalized spacial score (nSPS) is 10.1. The molecular formula is C14H13BrN2O4. The number of rotatable bonds is 5. The molecular weight excluding hydrogens is 340 g/mol. The van der Waals surface area contributed by atoms with E-state index < -0.39 is 0 Å². The van der Waals surface area contributed by atoms with Crippen molar-refractivity contribution in [1.29, 1.82) is 0 Å². The molecule has 0 spiro atoms. The molecule has 21 heavy (non-hydrogen) atoms. The highest BCUT2D eigenvalue weighted by Crippen LogP contribution is 2.37. The van der Waals surface area contributed by atoms with E-state index in [2.05, 4.69) is 26.1 Å². The molecule has 0 atom stereocenters. The molecule has 110 valence electrons.